The number of piperidine rings is 1. The number of nitrogen functional groups attached to an aromatic ring is 1. The van der Waals surface area contributed by atoms with Crippen molar-refractivity contribution in [1.82, 2.24) is 4.90 Å². The summed E-state index contributed by atoms with van der Waals surface area (Å²) in [5.74, 6) is -0.437. The van der Waals surface area contributed by atoms with E-state index in [1.165, 1.54) is 37.9 Å². The Kier molecular flexibility index (Phi) is 5.49. The zero-order chi connectivity index (χ0) is 14.5. The predicted octanol–water partition coefficient (Wildman–Crippen LogP) is 3.74. The van der Waals surface area contributed by atoms with Gasteiger partial charge in [0, 0.05) is 25.2 Å². The summed E-state index contributed by atoms with van der Waals surface area (Å²) in [6.45, 7) is 5.34. The average Bonchev–Trinajstić information content (AvgIpc) is 2.42. The summed E-state index contributed by atoms with van der Waals surface area (Å²) in [4.78, 5) is 2.52. The summed E-state index contributed by atoms with van der Waals surface area (Å²) >= 11 is 5.68. The average molecular weight is 300 g/mol. The molecule has 5 heteroatoms. The van der Waals surface area contributed by atoms with Crippen LogP contribution in [0.4, 0.5) is 15.8 Å². The molecule has 3 N–H and O–H groups in total. The summed E-state index contributed by atoms with van der Waals surface area (Å²) in [5, 5.41) is 3.25. The van der Waals surface area contributed by atoms with Crippen molar-refractivity contribution < 1.29 is 4.39 Å². The minimum atomic E-state index is -0.437. The fourth-order valence-corrected chi connectivity index (χ4v) is 2.88. The highest BCUT2D eigenvalue weighted by Crippen LogP contribution is 2.26. The second kappa shape index (κ2) is 7.14. The quantitative estimate of drug-likeness (QED) is 0.643. The van der Waals surface area contributed by atoms with Crippen LogP contribution < -0.4 is 11.1 Å². The van der Waals surface area contributed by atoms with Gasteiger partial charge in [-0.3, -0.25) is 0 Å². The van der Waals surface area contributed by atoms with Crippen LogP contribution in [0.5, 0.6) is 0 Å². The van der Waals surface area contributed by atoms with Gasteiger partial charge in [0.15, 0.2) is 0 Å². The molecule has 1 heterocycles. The lowest BCUT2D eigenvalue weighted by atomic mass is 10.0. The summed E-state index contributed by atoms with van der Waals surface area (Å²) in [6.07, 6.45) is 4.96. The molecule has 0 radical (unpaired) electrons. The molecule has 112 valence electrons. The van der Waals surface area contributed by atoms with Gasteiger partial charge < -0.3 is 16.0 Å². The van der Waals surface area contributed by atoms with E-state index in [2.05, 4.69) is 17.1 Å². The smallest absolute Gasteiger partial charge is 0.143 e. The van der Waals surface area contributed by atoms with Gasteiger partial charge in [0.1, 0.15) is 5.82 Å². The first-order valence-corrected chi connectivity index (χ1v) is 7.68. The monoisotopic (exact) mass is 299 g/mol. The topological polar surface area (TPSA) is 41.3 Å². The second-order valence-corrected chi connectivity index (χ2v) is 5.92. The fourth-order valence-electron chi connectivity index (χ4n) is 2.71. The van der Waals surface area contributed by atoms with Gasteiger partial charge in [-0.2, -0.15) is 0 Å². The molecule has 0 spiro atoms. The van der Waals surface area contributed by atoms with Gasteiger partial charge in [-0.05, 0) is 38.8 Å². The molecule has 1 fully saturated rings. The molecule has 20 heavy (non-hydrogen) atoms. The molecule has 3 nitrogen and oxygen atoms in total. The first-order chi connectivity index (χ1) is 9.58. The highest BCUT2D eigenvalue weighted by atomic mass is 35.5. The van der Waals surface area contributed by atoms with E-state index in [4.69, 9.17) is 17.3 Å². The van der Waals surface area contributed by atoms with Gasteiger partial charge in [-0.25, -0.2) is 4.39 Å². The minimum Gasteiger partial charge on any atom is -0.397 e. The van der Waals surface area contributed by atoms with Crippen molar-refractivity contribution in [3.8, 4) is 0 Å². The number of rotatable bonds is 5. The van der Waals surface area contributed by atoms with Crippen LogP contribution in [-0.4, -0.2) is 30.6 Å². The maximum absolute atomic E-state index is 13.4. The first kappa shape index (κ1) is 15.4. The number of halogens is 2. The Morgan fingerprint density at radius 3 is 3.00 bits per heavy atom. The van der Waals surface area contributed by atoms with Gasteiger partial charge in [-0.15, -0.1) is 0 Å². The molecular formula is C15H23ClFN3. The molecule has 1 aliphatic rings. The van der Waals surface area contributed by atoms with Crippen molar-refractivity contribution in [2.75, 3.05) is 30.7 Å². The summed E-state index contributed by atoms with van der Waals surface area (Å²) in [5.41, 5.74) is 6.93. The van der Waals surface area contributed by atoms with E-state index in [1.807, 2.05) is 0 Å². The minimum absolute atomic E-state index is 0.0650. The van der Waals surface area contributed by atoms with Crippen LogP contribution in [0.3, 0.4) is 0 Å². The molecule has 0 amide bonds. The van der Waals surface area contributed by atoms with Crippen molar-refractivity contribution in [3.05, 3.63) is 23.0 Å². The van der Waals surface area contributed by atoms with E-state index in [0.29, 0.717) is 17.4 Å². The highest BCUT2D eigenvalue weighted by Gasteiger charge is 2.17. The van der Waals surface area contributed by atoms with Crippen LogP contribution in [0.1, 0.15) is 32.6 Å². The fraction of sp³-hybridized carbons (Fsp3) is 0.600. The number of nitrogens with one attached hydrogen (secondary N) is 1. The van der Waals surface area contributed by atoms with Crippen LogP contribution in [0.15, 0.2) is 12.1 Å². The highest BCUT2D eigenvalue weighted by molar-refractivity contribution is 6.31. The maximum Gasteiger partial charge on any atom is 0.143 e. The standard InChI is InChI=1S/C15H23ClFN3/c1-11-5-2-3-7-20(11)8-4-6-19-15-10-13(17)12(16)9-14(15)18/h9-11,19H,2-8,18H2,1H3. The van der Waals surface area contributed by atoms with Gasteiger partial charge in [0.2, 0.25) is 0 Å². The Bertz CT molecular complexity index is 453. The van der Waals surface area contributed by atoms with E-state index in [-0.39, 0.29) is 5.02 Å². The summed E-state index contributed by atoms with van der Waals surface area (Å²) < 4.78 is 13.4. The molecule has 0 saturated carbocycles. The van der Waals surface area contributed by atoms with Crippen LogP contribution in [-0.2, 0) is 0 Å². The molecule has 0 bridgehead atoms. The van der Waals surface area contributed by atoms with Crippen LogP contribution in [0.25, 0.3) is 0 Å². The molecule has 0 aromatic heterocycles. The number of hydrogen-bond acceptors (Lipinski definition) is 3. The number of likely N-dealkylation sites (tertiary alicyclic amines) is 1. The van der Waals surface area contributed by atoms with Gasteiger partial charge in [0.25, 0.3) is 0 Å². The number of benzene rings is 1. The molecule has 1 atom stereocenters. The number of hydrogen-bond donors (Lipinski definition) is 2. The first-order valence-electron chi connectivity index (χ1n) is 7.30. The molecule has 1 aromatic carbocycles. The van der Waals surface area contributed by atoms with Gasteiger partial charge >= 0.3 is 0 Å². The molecule has 1 aliphatic heterocycles. The lowest BCUT2D eigenvalue weighted by molar-refractivity contribution is 0.160. The van der Waals surface area contributed by atoms with E-state index < -0.39 is 5.82 Å². The normalized spacial score (nSPS) is 20.1. The van der Waals surface area contributed by atoms with Crippen molar-refractivity contribution in [3.63, 3.8) is 0 Å². The number of nitrogens with two attached hydrogens (primary N) is 1. The van der Waals surface area contributed by atoms with Crippen molar-refractivity contribution in [2.45, 2.75) is 38.6 Å². The second-order valence-electron chi connectivity index (χ2n) is 5.51. The third-order valence-corrected chi connectivity index (χ3v) is 4.26. The Balaban J connectivity index is 1.77. The van der Waals surface area contributed by atoms with Crippen molar-refractivity contribution in [2.24, 2.45) is 0 Å². The zero-order valence-corrected chi connectivity index (χ0v) is 12.7. The Morgan fingerprint density at radius 1 is 1.45 bits per heavy atom. The molecule has 1 aromatic rings. The van der Waals surface area contributed by atoms with Crippen molar-refractivity contribution >= 4 is 23.0 Å². The Labute approximate surface area is 125 Å². The Morgan fingerprint density at radius 2 is 2.25 bits per heavy atom. The largest absolute Gasteiger partial charge is 0.397 e. The Hall–Kier alpha value is -1.00. The van der Waals surface area contributed by atoms with Gasteiger partial charge in [0.05, 0.1) is 16.4 Å². The predicted molar refractivity (Wildman–Crippen MR) is 83.8 cm³/mol. The third-order valence-electron chi connectivity index (χ3n) is 3.97. The molecule has 1 saturated heterocycles. The van der Waals surface area contributed by atoms with E-state index >= 15 is 0 Å². The van der Waals surface area contributed by atoms with E-state index in [9.17, 15) is 4.39 Å². The van der Waals surface area contributed by atoms with Crippen molar-refractivity contribution in [1.29, 1.82) is 0 Å². The van der Waals surface area contributed by atoms with Gasteiger partial charge in [-0.1, -0.05) is 18.0 Å². The molecule has 0 aliphatic carbocycles. The third kappa shape index (κ3) is 4.00. The molecule has 2 rings (SSSR count). The lowest BCUT2D eigenvalue weighted by Crippen LogP contribution is -2.38. The number of anilines is 2. The van der Waals surface area contributed by atoms with Crippen LogP contribution in [0, 0.1) is 5.82 Å². The van der Waals surface area contributed by atoms with Crippen LogP contribution >= 0.6 is 11.6 Å². The van der Waals surface area contributed by atoms with E-state index in [0.717, 1.165) is 19.5 Å². The molecular weight excluding hydrogens is 277 g/mol. The maximum atomic E-state index is 13.4. The summed E-state index contributed by atoms with van der Waals surface area (Å²) in [6, 6.07) is 3.49. The summed E-state index contributed by atoms with van der Waals surface area (Å²) in [7, 11) is 0. The number of nitrogens with zero attached hydrogens (tertiary/aromatic N) is 1. The van der Waals surface area contributed by atoms with E-state index in [1.54, 1.807) is 0 Å². The zero-order valence-electron chi connectivity index (χ0n) is 12.0. The van der Waals surface area contributed by atoms with Crippen LogP contribution in [0.2, 0.25) is 5.02 Å². The SMILES string of the molecule is CC1CCCCN1CCCNc1cc(F)c(Cl)cc1N. The molecule has 1 unspecified atom stereocenters. The lowest BCUT2D eigenvalue weighted by Gasteiger charge is -2.33.